The minimum absolute atomic E-state index is 0. The first-order valence-electron chi connectivity index (χ1n) is 2.72. The fourth-order valence-electron chi connectivity index (χ4n) is 0. The van der Waals surface area contributed by atoms with Crippen molar-refractivity contribution >= 4 is 26.3 Å². The van der Waals surface area contributed by atoms with E-state index in [-0.39, 0.29) is 97.1 Å². The zero-order valence-corrected chi connectivity index (χ0v) is 16.5. The number of carboxylic acid groups (broad SMARTS) is 3. The summed E-state index contributed by atoms with van der Waals surface area (Å²) in [6.45, 7) is 2.92. The van der Waals surface area contributed by atoms with Gasteiger partial charge in [-0.15, -0.1) is 0 Å². The first-order valence-corrected chi connectivity index (χ1v) is 2.72. The first kappa shape index (κ1) is 43.2. The van der Waals surface area contributed by atoms with E-state index >= 15 is 0 Å². The number of carbonyl (C=O) groups is 3. The summed E-state index contributed by atoms with van der Waals surface area (Å²) in [4.78, 5) is 26.7. The monoisotopic (exact) mass is 257 g/mol. The summed E-state index contributed by atoms with van der Waals surface area (Å²) in [6, 6.07) is 0. The fraction of sp³-hybridized carbons (Fsp3) is 0.500. The third-order valence-corrected chi connectivity index (χ3v) is 0. The second-order valence-electron chi connectivity index (χ2n) is 1.47. The largest absolute Gasteiger partial charge is 1.00 e. The maximum absolute atomic E-state index is 8.89. The molecule has 10 heteroatoms. The zero-order chi connectivity index (χ0) is 10.7. The van der Waals surface area contributed by atoms with Crippen molar-refractivity contribution in [1.82, 2.24) is 0 Å². The summed E-state index contributed by atoms with van der Waals surface area (Å²) >= 11 is 0. The van der Waals surface area contributed by atoms with Crippen LogP contribution in [0, 0.1) is 0 Å². The van der Waals surface area contributed by atoms with Gasteiger partial charge in [-0.05, 0) is 20.8 Å². The topological polar surface area (TPSA) is 120 Å². The molecule has 16 heavy (non-hydrogen) atoms. The molecule has 0 spiro atoms. The molecule has 0 amide bonds. The molecule has 0 aliphatic rings. The maximum Gasteiger partial charge on any atom is 1.00 e. The Morgan fingerprint density at radius 3 is 0.625 bits per heavy atom. The van der Waals surface area contributed by atoms with Gasteiger partial charge < -0.3 is 29.7 Å². The Balaban J connectivity index is -0.0000000135. The van der Waals surface area contributed by atoms with Crippen LogP contribution in [0.15, 0.2) is 0 Å². The number of carbonyl (C=O) groups excluding carboxylic acids is 3. The van der Waals surface area contributed by atoms with Crippen molar-refractivity contribution in [2.75, 3.05) is 0 Å². The molecule has 0 aromatic rings. The molecular weight excluding hydrogens is 248 g/mol. The van der Waals surface area contributed by atoms with Gasteiger partial charge in [0.2, 0.25) is 0 Å². The molecule has 0 bridgehead atoms. The standard InChI is InChI=1S/3C2H4O2.B.3Na/c3*1-2(3)4;;;;/h3*1H3,(H,3,4);;;;/q;;;;3*+1/p-3. The molecular formula is C6H9BNa3O6. The minimum atomic E-state index is -1.08. The number of hydrogen-bond acceptors (Lipinski definition) is 6. The van der Waals surface area contributed by atoms with Crippen LogP contribution in [0.5, 0.6) is 0 Å². The third-order valence-electron chi connectivity index (χ3n) is 0. The van der Waals surface area contributed by atoms with Crippen LogP contribution in [0.2, 0.25) is 0 Å². The minimum Gasteiger partial charge on any atom is -0.550 e. The molecule has 0 saturated heterocycles. The van der Waals surface area contributed by atoms with Crippen LogP contribution in [-0.4, -0.2) is 26.3 Å². The SMILES string of the molecule is CC(=O)[O-].CC(=O)[O-].CC(=O)[O-].[B].[Na+].[Na+].[Na+]. The predicted octanol–water partition coefficient (Wildman–Crippen LogP) is -13.1. The van der Waals surface area contributed by atoms with Crippen LogP contribution in [-0.2, 0) is 14.4 Å². The van der Waals surface area contributed by atoms with Crippen LogP contribution in [0.3, 0.4) is 0 Å². The van der Waals surface area contributed by atoms with E-state index in [2.05, 4.69) is 0 Å². The van der Waals surface area contributed by atoms with E-state index in [4.69, 9.17) is 29.7 Å². The molecule has 0 aliphatic carbocycles. The van der Waals surface area contributed by atoms with Gasteiger partial charge in [-0.3, -0.25) is 0 Å². The van der Waals surface area contributed by atoms with Gasteiger partial charge in [-0.25, -0.2) is 0 Å². The van der Waals surface area contributed by atoms with Crippen molar-refractivity contribution < 1.29 is 118 Å². The summed E-state index contributed by atoms with van der Waals surface area (Å²) in [6.07, 6.45) is 0. The van der Waals surface area contributed by atoms with E-state index in [0.717, 1.165) is 20.8 Å². The van der Waals surface area contributed by atoms with E-state index in [0.29, 0.717) is 0 Å². The Kier molecular flexibility index (Phi) is 97.1. The number of hydrogen-bond donors (Lipinski definition) is 0. The van der Waals surface area contributed by atoms with E-state index < -0.39 is 17.9 Å². The second kappa shape index (κ2) is 36.0. The van der Waals surface area contributed by atoms with Gasteiger partial charge >= 0.3 is 88.7 Å². The summed E-state index contributed by atoms with van der Waals surface area (Å²) in [5, 5.41) is 26.7. The average Bonchev–Trinajstić information content (AvgIpc) is 1.54. The van der Waals surface area contributed by atoms with E-state index in [9.17, 15) is 0 Å². The summed E-state index contributed by atoms with van der Waals surface area (Å²) in [7, 11) is 0. The molecule has 0 saturated carbocycles. The van der Waals surface area contributed by atoms with Crippen molar-refractivity contribution in [3.63, 3.8) is 0 Å². The zero-order valence-electron chi connectivity index (χ0n) is 10.5. The van der Waals surface area contributed by atoms with Crippen molar-refractivity contribution in [3.05, 3.63) is 0 Å². The van der Waals surface area contributed by atoms with Crippen LogP contribution in [0.4, 0.5) is 0 Å². The molecule has 0 unspecified atom stereocenters. The normalized spacial score (nSPS) is 4.69. The van der Waals surface area contributed by atoms with Gasteiger partial charge in [0.15, 0.2) is 0 Å². The van der Waals surface area contributed by atoms with Crippen molar-refractivity contribution in [1.29, 1.82) is 0 Å². The van der Waals surface area contributed by atoms with Gasteiger partial charge in [-0.1, -0.05) is 0 Å². The van der Waals surface area contributed by atoms with Gasteiger partial charge in [0.25, 0.3) is 0 Å². The van der Waals surface area contributed by atoms with Gasteiger partial charge in [0.1, 0.15) is 0 Å². The van der Waals surface area contributed by atoms with Crippen molar-refractivity contribution in [3.8, 4) is 0 Å². The van der Waals surface area contributed by atoms with E-state index in [1.54, 1.807) is 0 Å². The predicted molar refractivity (Wildman–Crippen MR) is 37.8 cm³/mol. The summed E-state index contributed by atoms with van der Waals surface area (Å²) in [5.74, 6) is -3.25. The molecule has 0 aromatic carbocycles. The second-order valence-corrected chi connectivity index (χ2v) is 1.47. The van der Waals surface area contributed by atoms with Crippen molar-refractivity contribution in [2.24, 2.45) is 0 Å². The Bertz CT molecular complexity index is 126. The van der Waals surface area contributed by atoms with Gasteiger partial charge in [0, 0.05) is 26.3 Å². The average molecular weight is 257 g/mol. The van der Waals surface area contributed by atoms with Crippen LogP contribution in [0.25, 0.3) is 0 Å². The number of aliphatic carboxylic acids is 3. The van der Waals surface area contributed by atoms with Gasteiger partial charge in [0.05, 0.1) is 0 Å². The van der Waals surface area contributed by atoms with E-state index in [1.165, 1.54) is 0 Å². The van der Waals surface area contributed by atoms with Crippen LogP contribution < -0.4 is 104 Å². The summed E-state index contributed by atoms with van der Waals surface area (Å²) < 4.78 is 0. The van der Waals surface area contributed by atoms with Crippen LogP contribution in [0.1, 0.15) is 20.8 Å². The quantitative estimate of drug-likeness (QED) is 0.397. The third kappa shape index (κ3) is 1490. The Hall–Kier alpha value is 1.47. The molecule has 0 aromatic heterocycles. The fourth-order valence-corrected chi connectivity index (χ4v) is 0. The molecule has 0 rings (SSSR count). The molecule has 0 heterocycles. The molecule has 0 aliphatic heterocycles. The smallest absolute Gasteiger partial charge is 0.550 e. The Labute approximate surface area is 163 Å². The number of rotatable bonds is 0. The van der Waals surface area contributed by atoms with E-state index in [1.807, 2.05) is 0 Å². The Morgan fingerprint density at radius 2 is 0.625 bits per heavy atom. The molecule has 3 radical (unpaired) electrons. The molecule has 6 nitrogen and oxygen atoms in total. The summed E-state index contributed by atoms with van der Waals surface area (Å²) in [5.41, 5.74) is 0. The Morgan fingerprint density at radius 1 is 0.625 bits per heavy atom. The van der Waals surface area contributed by atoms with Crippen molar-refractivity contribution in [2.45, 2.75) is 20.8 Å². The molecule has 75 valence electrons. The molecule has 0 atom stereocenters. The molecule has 0 N–H and O–H groups in total. The first-order chi connectivity index (χ1) is 5.20. The number of carboxylic acids is 3. The maximum atomic E-state index is 8.89. The molecule has 0 fully saturated rings. The van der Waals surface area contributed by atoms with Gasteiger partial charge in [-0.2, -0.15) is 0 Å². The van der Waals surface area contributed by atoms with Crippen LogP contribution >= 0.6 is 0 Å².